The molecule has 0 radical (unpaired) electrons. The maximum Gasteiger partial charge on any atom is 0.339 e. The zero-order chi connectivity index (χ0) is 16.1. The second kappa shape index (κ2) is 7.63. The molecule has 1 aliphatic rings. The van der Waals surface area contributed by atoms with Gasteiger partial charge in [0, 0.05) is 22.3 Å². The summed E-state index contributed by atoms with van der Waals surface area (Å²) >= 11 is 5.90. The number of nitrogens with one attached hydrogen (secondary N) is 2. The molecule has 2 unspecified atom stereocenters. The number of carbonyl (C=O) groups is 1. The lowest BCUT2D eigenvalue weighted by Crippen LogP contribution is -2.32. The van der Waals surface area contributed by atoms with Crippen LogP contribution < -0.4 is 10.7 Å². The average Bonchev–Trinajstić information content (AvgIpc) is 2.45. The predicted molar refractivity (Wildman–Crippen MR) is 92.4 cm³/mol. The molecule has 0 spiro atoms. The molecule has 2 N–H and O–H groups in total. The summed E-state index contributed by atoms with van der Waals surface area (Å²) in [6, 6.07) is 6.71. The minimum atomic E-state index is -0.338. The van der Waals surface area contributed by atoms with Gasteiger partial charge in [-0.25, -0.2) is 10.2 Å². The van der Waals surface area contributed by atoms with E-state index < -0.39 is 0 Å². The number of hydrazone groups is 1. The zero-order valence-corrected chi connectivity index (χ0v) is 14.2. The molecule has 0 aromatic heterocycles. The Kier molecular flexibility index (Phi) is 5.83. The van der Waals surface area contributed by atoms with Crippen LogP contribution in [0.5, 0.6) is 0 Å². The molecule has 2 atom stereocenters. The van der Waals surface area contributed by atoms with Crippen LogP contribution in [-0.4, -0.2) is 11.7 Å². The third-order valence-electron chi connectivity index (χ3n) is 4.14. The summed E-state index contributed by atoms with van der Waals surface area (Å²) in [6.07, 6.45) is 3.34. The highest BCUT2D eigenvalue weighted by Crippen LogP contribution is 2.31. The minimum absolute atomic E-state index is 0.338. The van der Waals surface area contributed by atoms with Crippen LogP contribution in [0.25, 0.3) is 0 Å². The molecule has 1 aliphatic carbocycles. The summed E-state index contributed by atoms with van der Waals surface area (Å²) in [7, 11) is 0. The normalized spacial score (nSPS) is 23.6. The van der Waals surface area contributed by atoms with Gasteiger partial charge >= 0.3 is 6.03 Å². The van der Waals surface area contributed by atoms with E-state index in [1.165, 1.54) is 6.42 Å². The monoisotopic (exact) mass is 321 g/mol. The molecule has 1 saturated carbocycles. The van der Waals surface area contributed by atoms with Gasteiger partial charge in [0.1, 0.15) is 0 Å². The van der Waals surface area contributed by atoms with Gasteiger partial charge < -0.3 is 5.32 Å². The molecule has 2 amide bonds. The van der Waals surface area contributed by atoms with Gasteiger partial charge in [0.15, 0.2) is 0 Å². The summed E-state index contributed by atoms with van der Waals surface area (Å²) in [5, 5.41) is 7.70. The lowest BCUT2D eigenvalue weighted by Gasteiger charge is -2.30. The Bertz CT molecular complexity index is 557. The van der Waals surface area contributed by atoms with Crippen LogP contribution in [0.15, 0.2) is 29.4 Å². The average molecular weight is 322 g/mol. The van der Waals surface area contributed by atoms with E-state index in [1.807, 2.05) is 0 Å². The summed E-state index contributed by atoms with van der Waals surface area (Å²) < 4.78 is 0. The number of carbonyl (C=O) groups excluding carboxylic acids is 1. The van der Waals surface area contributed by atoms with Crippen molar-refractivity contribution in [1.29, 1.82) is 0 Å². The predicted octanol–water partition coefficient (Wildman–Crippen LogP) is 4.91. The molecule has 0 aliphatic heterocycles. The van der Waals surface area contributed by atoms with Crippen molar-refractivity contribution in [3.8, 4) is 0 Å². The van der Waals surface area contributed by atoms with Gasteiger partial charge in [0.2, 0.25) is 0 Å². The highest BCUT2D eigenvalue weighted by atomic mass is 35.5. The lowest BCUT2D eigenvalue weighted by molar-refractivity contribution is 0.252. The van der Waals surface area contributed by atoms with Gasteiger partial charge in [-0.3, -0.25) is 0 Å². The standard InChI is InChI=1S/C17H24ClN3O/c1-11(2)15-8-7-12(3)9-16(15)20-21-17(22)19-14-6-4-5-13(18)10-14/h4-6,10-12,15H,7-9H2,1-3H3,(H2,19,21,22)/b20-16+. The zero-order valence-electron chi connectivity index (χ0n) is 13.4. The Labute approximate surface area is 137 Å². The number of amides is 2. The van der Waals surface area contributed by atoms with Gasteiger partial charge in [0.25, 0.3) is 0 Å². The van der Waals surface area contributed by atoms with Gasteiger partial charge in [0.05, 0.1) is 0 Å². The maximum absolute atomic E-state index is 12.0. The summed E-state index contributed by atoms with van der Waals surface area (Å²) in [5.41, 5.74) is 4.38. The number of anilines is 1. The molecule has 1 aromatic carbocycles. The Morgan fingerprint density at radius 1 is 1.36 bits per heavy atom. The van der Waals surface area contributed by atoms with Gasteiger partial charge in [-0.2, -0.15) is 5.10 Å². The molecule has 0 heterocycles. The highest BCUT2D eigenvalue weighted by molar-refractivity contribution is 6.30. The number of rotatable bonds is 3. The van der Waals surface area contributed by atoms with Crippen LogP contribution in [-0.2, 0) is 0 Å². The van der Waals surface area contributed by atoms with Crippen molar-refractivity contribution in [3.63, 3.8) is 0 Å². The van der Waals surface area contributed by atoms with E-state index in [2.05, 4.69) is 36.6 Å². The minimum Gasteiger partial charge on any atom is -0.306 e. The number of hydrogen-bond acceptors (Lipinski definition) is 2. The number of hydrogen-bond donors (Lipinski definition) is 2. The van der Waals surface area contributed by atoms with E-state index in [9.17, 15) is 4.79 Å². The number of urea groups is 1. The Morgan fingerprint density at radius 2 is 2.14 bits per heavy atom. The van der Waals surface area contributed by atoms with E-state index in [-0.39, 0.29) is 6.03 Å². The Balaban J connectivity index is 1.97. The lowest BCUT2D eigenvalue weighted by atomic mass is 9.76. The molecule has 5 heteroatoms. The van der Waals surface area contributed by atoms with E-state index in [0.29, 0.717) is 28.5 Å². The third-order valence-corrected chi connectivity index (χ3v) is 4.38. The molecule has 4 nitrogen and oxygen atoms in total. The maximum atomic E-state index is 12.0. The van der Waals surface area contributed by atoms with Crippen LogP contribution in [0.2, 0.25) is 5.02 Å². The fraction of sp³-hybridized carbons (Fsp3) is 0.529. The first-order valence-electron chi connectivity index (χ1n) is 7.84. The second-order valence-corrected chi connectivity index (χ2v) is 6.85. The van der Waals surface area contributed by atoms with Crippen molar-refractivity contribution in [3.05, 3.63) is 29.3 Å². The van der Waals surface area contributed by atoms with Crippen LogP contribution >= 0.6 is 11.6 Å². The first-order valence-corrected chi connectivity index (χ1v) is 8.22. The van der Waals surface area contributed by atoms with Crippen LogP contribution in [0, 0.1) is 17.8 Å². The largest absolute Gasteiger partial charge is 0.339 e. The van der Waals surface area contributed by atoms with Crippen molar-refractivity contribution < 1.29 is 4.79 Å². The van der Waals surface area contributed by atoms with Crippen LogP contribution in [0.1, 0.15) is 40.0 Å². The molecular formula is C17H24ClN3O. The van der Waals surface area contributed by atoms with Crippen molar-refractivity contribution in [2.24, 2.45) is 22.9 Å². The SMILES string of the molecule is CC1CCC(C(C)C)/C(=N/NC(=O)Nc2cccc(Cl)c2)C1. The van der Waals surface area contributed by atoms with E-state index >= 15 is 0 Å². The molecule has 1 fully saturated rings. The summed E-state index contributed by atoms with van der Waals surface area (Å²) in [4.78, 5) is 12.0. The molecule has 1 aromatic rings. The molecule has 2 rings (SSSR count). The van der Waals surface area contributed by atoms with Crippen molar-refractivity contribution in [2.45, 2.75) is 40.0 Å². The molecule has 120 valence electrons. The summed E-state index contributed by atoms with van der Waals surface area (Å²) in [5.74, 6) is 1.64. The number of nitrogens with zero attached hydrogens (tertiary/aromatic N) is 1. The molecule has 0 bridgehead atoms. The molecule has 0 saturated heterocycles. The first-order chi connectivity index (χ1) is 10.5. The van der Waals surface area contributed by atoms with Crippen molar-refractivity contribution >= 4 is 29.0 Å². The van der Waals surface area contributed by atoms with E-state index in [4.69, 9.17) is 11.6 Å². The smallest absolute Gasteiger partial charge is 0.306 e. The Hall–Kier alpha value is -1.55. The number of halogens is 1. The second-order valence-electron chi connectivity index (χ2n) is 6.42. The van der Waals surface area contributed by atoms with Gasteiger partial charge in [-0.15, -0.1) is 0 Å². The van der Waals surface area contributed by atoms with Crippen molar-refractivity contribution in [1.82, 2.24) is 5.43 Å². The van der Waals surface area contributed by atoms with Gasteiger partial charge in [-0.05, 0) is 49.3 Å². The van der Waals surface area contributed by atoms with Gasteiger partial charge in [-0.1, -0.05) is 38.4 Å². The Morgan fingerprint density at radius 3 is 2.82 bits per heavy atom. The fourth-order valence-corrected chi connectivity index (χ4v) is 3.13. The molecular weight excluding hydrogens is 298 g/mol. The first kappa shape index (κ1) is 16.8. The summed E-state index contributed by atoms with van der Waals surface area (Å²) in [6.45, 7) is 6.66. The highest BCUT2D eigenvalue weighted by Gasteiger charge is 2.27. The van der Waals surface area contributed by atoms with E-state index in [0.717, 1.165) is 18.6 Å². The third kappa shape index (κ3) is 4.73. The van der Waals surface area contributed by atoms with Crippen LogP contribution in [0.3, 0.4) is 0 Å². The molecule has 22 heavy (non-hydrogen) atoms. The fourth-order valence-electron chi connectivity index (χ4n) is 2.94. The van der Waals surface area contributed by atoms with Crippen molar-refractivity contribution in [2.75, 3.05) is 5.32 Å². The topological polar surface area (TPSA) is 53.5 Å². The van der Waals surface area contributed by atoms with Crippen LogP contribution in [0.4, 0.5) is 10.5 Å². The number of benzene rings is 1. The quantitative estimate of drug-likeness (QED) is 0.763. The van der Waals surface area contributed by atoms with E-state index in [1.54, 1.807) is 24.3 Å².